The van der Waals surface area contributed by atoms with Gasteiger partial charge in [0.05, 0.1) is 13.0 Å². The molecule has 1 aromatic rings. The zero-order valence-electron chi connectivity index (χ0n) is 8.90. The molecule has 0 radical (unpaired) electrons. The number of carbonyl (C=O) groups excluding carboxylic acids is 1. The van der Waals surface area contributed by atoms with Crippen molar-refractivity contribution in [2.24, 2.45) is 0 Å². The molecule has 2 atom stereocenters. The van der Waals surface area contributed by atoms with Crippen LogP contribution in [0.3, 0.4) is 0 Å². The van der Waals surface area contributed by atoms with Crippen molar-refractivity contribution in [1.82, 2.24) is 0 Å². The lowest BCUT2D eigenvalue weighted by atomic mass is 9.96. The van der Waals surface area contributed by atoms with Crippen LogP contribution in [0.4, 0.5) is 0 Å². The maximum Gasteiger partial charge on any atom is 0.313 e. The molecule has 1 fully saturated rings. The van der Waals surface area contributed by atoms with Gasteiger partial charge in [0.25, 0.3) is 0 Å². The molecule has 1 saturated heterocycles. The molecule has 15 heavy (non-hydrogen) atoms. The number of rotatable bonds is 2. The highest BCUT2D eigenvalue weighted by atomic mass is 16.5. The number of ether oxygens (including phenoxy) is 2. The van der Waals surface area contributed by atoms with Crippen molar-refractivity contribution < 1.29 is 14.3 Å². The van der Waals surface area contributed by atoms with E-state index in [-0.39, 0.29) is 18.0 Å². The van der Waals surface area contributed by atoms with Gasteiger partial charge in [-0.05, 0) is 24.6 Å². The number of cyclic esters (lactones) is 1. The molecule has 2 unspecified atom stereocenters. The molecular formula is C12H14O3. The van der Waals surface area contributed by atoms with Gasteiger partial charge < -0.3 is 9.47 Å². The minimum absolute atomic E-state index is 0.0219. The van der Waals surface area contributed by atoms with Crippen LogP contribution in [0, 0.1) is 0 Å². The molecule has 1 aliphatic rings. The summed E-state index contributed by atoms with van der Waals surface area (Å²) in [4.78, 5) is 11.5. The van der Waals surface area contributed by atoms with Crippen LogP contribution in [0.25, 0.3) is 0 Å². The maximum absolute atomic E-state index is 11.5. The smallest absolute Gasteiger partial charge is 0.313 e. The summed E-state index contributed by atoms with van der Waals surface area (Å²) in [5, 5.41) is 0. The fourth-order valence-corrected chi connectivity index (χ4v) is 1.89. The molecule has 1 aliphatic heterocycles. The van der Waals surface area contributed by atoms with E-state index in [0.717, 1.165) is 17.7 Å². The molecule has 0 amide bonds. The first kappa shape index (κ1) is 10.0. The van der Waals surface area contributed by atoms with Crippen molar-refractivity contribution in [2.75, 3.05) is 7.11 Å². The molecule has 0 N–H and O–H groups in total. The highest BCUT2D eigenvalue weighted by Crippen LogP contribution is 2.31. The van der Waals surface area contributed by atoms with Gasteiger partial charge in [0.2, 0.25) is 0 Å². The fourth-order valence-electron chi connectivity index (χ4n) is 1.89. The van der Waals surface area contributed by atoms with Crippen molar-refractivity contribution >= 4 is 5.97 Å². The number of methoxy groups -OCH3 is 1. The Hall–Kier alpha value is -1.51. The van der Waals surface area contributed by atoms with Crippen LogP contribution in [0.2, 0.25) is 0 Å². The minimum atomic E-state index is -0.130. The molecule has 3 heteroatoms. The van der Waals surface area contributed by atoms with E-state index in [0.29, 0.717) is 0 Å². The Morgan fingerprint density at radius 1 is 1.47 bits per heavy atom. The summed E-state index contributed by atoms with van der Waals surface area (Å²) in [5.41, 5.74) is 0.976. The van der Waals surface area contributed by atoms with Gasteiger partial charge in [0.15, 0.2) is 0 Å². The first-order valence-electron chi connectivity index (χ1n) is 5.05. The highest BCUT2D eigenvalue weighted by molar-refractivity contribution is 5.80. The first-order valence-corrected chi connectivity index (χ1v) is 5.05. The van der Waals surface area contributed by atoms with Gasteiger partial charge in [-0.15, -0.1) is 0 Å². The SMILES string of the molecule is COc1cccc(C2CC(C)OC2=O)c1. The lowest BCUT2D eigenvalue weighted by molar-refractivity contribution is -0.141. The monoisotopic (exact) mass is 206 g/mol. The van der Waals surface area contributed by atoms with E-state index in [2.05, 4.69) is 0 Å². The van der Waals surface area contributed by atoms with Crippen LogP contribution in [-0.4, -0.2) is 19.2 Å². The molecule has 0 saturated carbocycles. The van der Waals surface area contributed by atoms with Gasteiger partial charge in [-0.3, -0.25) is 4.79 Å². The standard InChI is InChI=1S/C12H14O3/c1-8-6-11(12(13)15-8)9-4-3-5-10(7-9)14-2/h3-5,7-8,11H,6H2,1-2H3. The zero-order chi connectivity index (χ0) is 10.8. The first-order chi connectivity index (χ1) is 7.20. The van der Waals surface area contributed by atoms with E-state index in [1.54, 1.807) is 7.11 Å². The molecule has 1 aromatic carbocycles. The predicted octanol–water partition coefficient (Wildman–Crippen LogP) is 2.11. The van der Waals surface area contributed by atoms with Crippen LogP contribution >= 0.6 is 0 Å². The summed E-state index contributed by atoms with van der Waals surface area (Å²) in [7, 11) is 1.62. The Labute approximate surface area is 89.0 Å². The van der Waals surface area contributed by atoms with E-state index in [1.807, 2.05) is 31.2 Å². The normalized spacial score (nSPS) is 25.1. The van der Waals surface area contributed by atoms with Crippen molar-refractivity contribution in [3.05, 3.63) is 29.8 Å². The van der Waals surface area contributed by atoms with Gasteiger partial charge in [-0.25, -0.2) is 0 Å². The fraction of sp³-hybridized carbons (Fsp3) is 0.417. The van der Waals surface area contributed by atoms with Crippen molar-refractivity contribution in [1.29, 1.82) is 0 Å². The summed E-state index contributed by atoms with van der Waals surface area (Å²) in [6.07, 6.45) is 0.778. The van der Waals surface area contributed by atoms with Gasteiger partial charge >= 0.3 is 5.97 Å². The van der Waals surface area contributed by atoms with Crippen LogP contribution in [-0.2, 0) is 9.53 Å². The molecule has 3 nitrogen and oxygen atoms in total. The number of carbonyl (C=O) groups is 1. The van der Waals surface area contributed by atoms with Crippen LogP contribution in [0.1, 0.15) is 24.8 Å². The largest absolute Gasteiger partial charge is 0.497 e. The number of hydrogen-bond donors (Lipinski definition) is 0. The van der Waals surface area contributed by atoms with E-state index in [1.165, 1.54) is 0 Å². The Morgan fingerprint density at radius 2 is 2.27 bits per heavy atom. The number of esters is 1. The summed E-state index contributed by atoms with van der Waals surface area (Å²) >= 11 is 0. The predicted molar refractivity (Wildman–Crippen MR) is 55.9 cm³/mol. The summed E-state index contributed by atoms with van der Waals surface area (Å²) < 4.78 is 10.2. The number of hydrogen-bond acceptors (Lipinski definition) is 3. The molecule has 0 aromatic heterocycles. The molecule has 0 spiro atoms. The average Bonchev–Trinajstić information content (AvgIpc) is 2.58. The Kier molecular flexibility index (Phi) is 2.62. The van der Waals surface area contributed by atoms with E-state index >= 15 is 0 Å². The van der Waals surface area contributed by atoms with Gasteiger partial charge in [-0.1, -0.05) is 12.1 Å². The Balaban J connectivity index is 2.25. The lowest BCUT2D eigenvalue weighted by Crippen LogP contribution is -2.05. The second kappa shape index (κ2) is 3.93. The van der Waals surface area contributed by atoms with Gasteiger partial charge in [-0.2, -0.15) is 0 Å². The minimum Gasteiger partial charge on any atom is -0.497 e. The van der Waals surface area contributed by atoms with Crippen LogP contribution in [0.15, 0.2) is 24.3 Å². The van der Waals surface area contributed by atoms with Crippen molar-refractivity contribution in [3.63, 3.8) is 0 Å². The second-order valence-electron chi connectivity index (χ2n) is 3.81. The Bertz CT molecular complexity index is 373. The summed E-state index contributed by atoms with van der Waals surface area (Å²) in [5.74, 6) is 0.519. The van der Waals surface area contributed by atoms with Crippen molar-refractivity contribution in [3.8, 4) is 5.75 Å². The second-order valence-corrected chi connectivity index (χ2v) is 3.81. The quantitative estimate of drug-likeness (QED) is 0.695. The third kappa shape index (κ3) is 1.96. The van der Waals surface area contributed by atoms with E-state index in [9.17, 15) is 4.79 Å². The maximum atomic E-state index is 11.5. The molecule has 0 bridgehead atoms. The molecule has 2 rings (SSSR count). The van der Waals surface area contributed by atoms with Crippen LogP contribution < -0.4 is 4.74 Å². The molecule has 1 heterocycles. The topological polar surface area (TPSA) is 35.5 Å². The third-order valence-corrected chi connectivity index (χ3v) is 2.67. The van der Waals surface area contributed by atoms with Crippen LogP contribution in [0.5, 0.6) is 5.75 Å². The highest BCUT2D eigenvalue weighted by Gasteiger charge is 2.33. The zero-order valence-corrected chi connectivity index (χ0v) is 8.90. The number of benzene rings is 1. The average molecular weight is 206 g/mol. The lowest BCUT2D eigenvalue weighted by Gasteiger charge is -2.07. The van der Waals surface area contributed by atoms with Gasteiger partial charge in [0.1, 0.15) is 11.9 Å². The van der Waals surface area contributed by atoms with E-state index in [4.69, 9.17) is 9.47 Å². The molecule has 0 aliphatic carbocycles. The van der Waals surface area contributed by atoms with Crippen molar-refractivity contribution in [2.45, 2.75) is 25.4 Å². The van der Waals surface area contributed by atoms with E-state index < -0.39 is 0 Å². The molecule has 80 valence electrons. The Morgan fingerprint density at radius 3 is 2.87 bits per heavy atom. The van der Waals surface area contributed by atoms with Gasteiger partial charge in [0, 0.05) is 6.42 Å². The summed E-state index contributed by atoms with van der Waals surface area (Å²) in [6, 6.07) is 7.59. The summed E-state index contributed by atoms with van der Waals surface area (Å²) in [6.45, 7) is 1.91. The molecular weight excluding hydrogens is 192 g/mol. The third-order valence-electron chi connectivity index (χ3n) is 2.67.